The van der Waals surface area contributed by atoms with Crippen LogP contribution >= 0.6 is 0 Å². The quantitative estimate of drug-likeness (QED) is 0.779. The Morgan fingerprint density at radius 1 is 1.00 bits per heavy atom. The van der Waals surface area contributed by atoms with Crippen molar-refractivity contribution in [3.8, 4) is 11.3 Å². The topological polar surface area (TPSA) is 54.9 Å². The Bertz CT molecular complexity index is 912. The van der Waals surface area contributed by atoms with E-state index in [0.29, 0.717) is 11.3 Å². The summed E-state index contributed by atoms with van der Waals surface area (Å²) in [5.74, 6) is -0.0476. The maximum Gasteiger partial charge on any atom is 0.254 e. The minimum absolute atomic E-state index is 0.0476. The highest BCUT2D eigenvalue weighted by Crippen LogP contribution is 2.28. The molecule has 1 heterocycles. The van der Waals surface area contributed by atoms with Crippen LogP contribution in [0.25, 0.3) is 22.2 Å². The van der Waals surface area contributed by atoms with Crippen LogP contribution in [0.2, 0.25) is 0 Å². The highest BCUT2D eigenvalue weighted by Gasteiger charge is 2.23. The van der Waals surface area contributed by atoms with Gasteiger partial charge in [0.25, 0.3) is 5.91 Å². The summed E-state index contributed by atoms with van der Waals surface area (Å²) >= 11 is 0. The van der Waals surface area contributed by atoms with E-state index in [1.807, 2.05) is 55.5 Å². The maximum absolute atomic E-state index is 13.1. The number of rotatable bonds is 3. The summed E-state index contributed by atoms with van der Waals surface area (Å²) in [7, 11) is 0. The number of aromatic nitrogens is 2. The standard InChI is InChI=1S/C21H21N3O/c1-14-10-12-15(13-11-14)20-19(21(25)22-16-6-2-3-7-16)17-8-4-5-9-18(17)23-24-20/h4-5,8-13,16H,2-3,6-7H2,1H3,(H,22,25). The summed E-state index contributed by atoms with van der Waals surface area (Å²) in [5, 5.41) is 12.8. The van der Waals surface area contributed by atoms with Gasteiger partial charge in [-0.25, -0.2) is 0 Å². The van der Waals surface area contributed by atoms with Gasteiger partial charge in [-0.15, -0.1) is 10.2 Å². The average Bonchev–Trinajstić information content (AvgIpc) is 3.14. The predicted octanol–water partition coefficient (Wildman–Crippen LogP) is 4.28. The van der Waals surface area contributed by atoms with Gasteiger partial charge in [0.2, 0.25) is 0 Å². The lowest BCUT2D eigenvalue weighted by Crippen LogP contribution is -2.33. The fraction of sp³-hybridized carbons (Fsp3) is 0.286. The van der Waals surface area contributed by atoms with Crippen LogP contribution in [0.5, 0.6) is 0 Å². The van der Waals surface area contributed by atoms with Crippen LogP contribution < -0.4 is 5.32 Å². The molecule has 25 heavy (non-hydrogen) atoms. The lowest BCUT2D eigenvalue weighted by atomic mass is 10.00. The fourth-order valence-electron chi connectivity index (χ4n) is 3.52. The highest BCUT2D eigenvalue weighted by molar-refractivity contribution is 6.10. The van der Waals surface area contributed by atoms with Crippen LogP contribution in [0, 0.1) is 6.92 Å². The van der Waals surface area contributed by atoms with Gasteiger partial charge < -0.3 is 5.32 Å². The van der Waals surface area contributed by atoms with Gasteiger partial charge in [0.15, 0.2) is 0 Å². The van der Waals surface area contributed by atoms with E-state index < -0.39 is 0 Å². The van der Waals surface area contributed by atoms with Crippen LogP contribution in [0.4, 0.5) is 0 Å². The number of carbonyl (C=O) groups is 1. The van der Waals surface area contributed by atoms with Crippen LogP contribution in [-0.2, 0) is 0 Å². The highest BCUT2D eigenvalue weighted by atomic mass is 16.1. The number of fused-ring (bicyclic) bond motifs is 1. The maximum atomic E-state index is 13.1. The Morgan fingerprint density at radius 2 is 1.72 bits per heavy atom. The summed E-state index contributed by atoms with van der Waals surface area (Å²) < 4.78 is 0. The summed E-state index contributed by atoms with van der Waals surface area (Å²) in [6, 6.07) is 16.0. The van der Waals surface area contributed by atoms with Crippen molar-refractivity contribution >= 4 is 16.8 Å². The Hall–Kier alpha value is -2.75. The van der Waals surface area contributed by atoms with Crippen molar-refractivity contribution in [1.29, 1.82) is 0 Å². The predicted molar refractivity (Wildman–Crippen MR) is 99.4 cm³/mol. The molecule has 4 rings (SSSR count). The van der Waals surface area contributed by atoms with Gasteiger partial charge >= 0.3 is 0 Å². The molecule has 0 radical (unpaired) electrons. The zero-order valence-electron chi connectivity index (χ0n) is 14.3. The summed E-state index contributed by atoms with van der Waals surface area (Å²) in [4.78, 5) is 13.1. The minimum atomic E-state index is -0.0476. The number of benzene rings is 2. The van der Waals surface area contributed by atoms with Crippen molar-refractivity contribution in [2.45, 2.75) is 38.6 Å². The molecule has 0 aliphatic heterocycles. The van der Waals surface area contributed by atoms with Crippen molar-refractivity contribution in [2.75, 3.05) is 0 Å². The molecule has 1 aliphatic carbocycles. The molecular weight excluding hydrogens is 310 g/mol. The van der Waals surface area contributed by atoms with E-state index in [4.69, 9.17) is 0 Å². The average molecular weight is 331 g/mol. The SMILES string of the molecule is Cc1ccc(-c2nnc3ccccc3c2C(=O)NC2CCCC2)cc1. The van der Waals surface area contributed by atoms with Gasteiger partial charge in [0, 0.05) is 17.0 Å². The number of nitrogens with zero attached hydrogens (tertiary/aromatic N) is 2. The van der Waals surface area contributed by atoms with E-state index in [2.05, 4.69) is 15.5 Å². The largest absolute Gasteiger partial charge is 0.349 e. The van der Waals surface area contributed by atoms with E-state index in [-0.39, 0.29) is 11.9 Å². The van der Waals surface area contributed by atoms with Crippen LogP contribution in [0.1, 0.15) is 41.6 Å². The van der Waals surface area contributed by atoms with Crippen LogP contribution in [0.15, 0.2) is 48.5 Å². The summed E-state index contributed by atoms with van der Waals surface area (Å²) in [6.45, 7) is 2.05. The van der Waals surface area contributed by atoms with Gasteiger partial charge in [-0.3, -0.25) is 4.79 Å². The normalized spacial score (nSPS) is 14.8. The Labute approximate surface area is 147 Å². The molecule has 0 bridgehead atoms. The van der Waals surface area contributed by atoms with E-state index >= 15 is 0 Å². The van der Waals surface area contributed by atoms with Crippen molar-refractivity contribution in [1.82, 2.24) is 15.5 Å². The van der Waals surface area contributed by atoms with Crippen LogP contribution in [-0.4, -0.2) is 22.1 Å². The summed E-state index contributed by atoms with van der Waals surface area (Å²) in [5.41, 5.74) is 4.11. The Morgan fingerprint density at radius 3 is 2.48 bits per heavy atom. The molecule has 0 unspecified atom stereocenters. The minimum Gasteiger partial charge on any atom is -0.349 e. The first kappa shape index (κ1) is 15.8. The summed E-state index contributed by atoms with van der Waals surface area (Å²) in [6.07, 6.45) is 4.49. The smallest absolute Gasteiger partial charge is 0.254 e. The Kier molecular flexibility index (Phi) is 4.18. The number of hydrogen-bond acceptors (Lipinski definition) is 3. The lowest BCUT2D eigenvalue weighted by molar-refractivity contribution is 0.0940. The van der Waals surface area contributed by atoms with Crippen molar-refractivity contribution < 1.29 is 4.79 Å². The molecule has 1 N–H and O–H groups in total. The molecule has 0 spiro atoms. The van der Waals surface area contributed by atoms with E-state index in [1.165, 1.54) is 18.4 Å². The second kappa shape index (κ2) is 6.63. The number of aryl methyl sites for hydroxylation is 1. The Balaban J connectivity index is 1.84. The van der Waals surface area contributed by atoms with E-state index in [9.17, 15) is 4.79 Å². The molecule has 4 nitrogen and oxygen atoms in total. The third kappa shape index (κ3) is 3.12. The number of amides is 1. The number of nitrogens with one attached hydrogen (secondary N) is 1. The zero-order valence-corrected chi connectivity index (χ0v) is 14.3. The van der Waals surface area contributed by atoms with Crippen molar-refractivity contribution in [2.24, 2.45) is 0 Å². The van der Waals surface area contributed by atoms with Gasteiger partial charge in [0.1, 0.15) is 5.69 Å². The lowest BCUT2D eigenvalue weighted by Gasteiger charge is -2.15. The number of hydrogen-bond donors (Lipinski definition) is 1. The molecule has 1 amide bonds. The molecule has 1 aliphatic rings. The van der Waals surface area contributed by atoms with E-state index in [1.54, 1.807) is 0 Å². The first-order valence-corrected chi connectivity index (χ1v) is 8.86. The van der Waals surface area contributed by atoms with E-state index in [0.717, 1.165) is 29.3 Å². The first-order valence-electron chi connectivity index (χ1n) is 8.86. The van der Waals surface area contributed by atoms with Gasteiger partial charge in [-0.1, -0.05) is 60.9 Å². The molecule has 126 valence electrons. The van der Waals surface area contributed by atoms with Crippen molar-refractivity contribution in [3.63, 3.8) is 0 Å². The second-order valence-corrected chi connectivity index (χ2v) is 6.76. The van der Waals surface area contributed by atoms with Gasteiger partial charge in [-0.2, -0.15) is 0 Å². The number of carbonyl (C=O) groups excluding carboxylic acids is 1. The molecule has 0 atom stereocenters. The molecule has 3 aromatic rings. The third-order valence-electron chi connectivity index (χ3n) is 4.91. The van der Waals surface area contributed by atoms with Gasteiger partial charge in [-0.05, 0) is 25.8 Å². The fourth-order valence-corrected chi connectivity index (χ4v) is 3.52. The van der Waals surface area contributed by atoms with Crippen molar-refractivity contribution in [3.05, 3.63) is 59.7 Å². The second-order valence-electron chi connectivity index (χ2n) is 6.76. The zero-order chi connectivity index (χ0) is 17.2. The molecular formula is C21H21N3O. The first-order chi connectivity index (χ1) is 12.2. The third-order valence-corrected chi connectivity index (χ3v) is 4.91. The molecule has 1 aromatic heterocycles. The molecule has 4 heteroatoms. The van der Waals surface area contributed by atoms with Crippen LogP contribution in [0.3, 0.4) is 0 Å². The monoisotopic (exact) mass is 331 g/mol. The molecule has 1 fully saturated rings. The molecule has 0 saturated heterocycles. The molecule has 1 saturated carbocycles. The van der Waals surface area contributed by atoms with Gasteiger partial charge in [0.05, 0.1) is 11.1 Å². The molecule has 2 aromatic carbocycles.